The number of hydrogen-bond acceptors (Lipinski definition) is 6. The number of carbonyl (C=O) groups is 1. The summed E-state index contributed by atoms with van der Waals surface area (Å²) < 4.78 is 22.4. The molecular weight excluding hydrogens is 342 g/mol. The van der Waals surface area contributed by atoms with Crippen molar-refractivity contribution in [2.24, 2.45) is 5.14 Å². The van der Waals surface area contributed by atoms with Crippen molar-refractivity contribution in [3.8, 4) is 0 Å². The Morgan fingerprint density at radius 2 is 1.76 bits per heavy atom. The fourth-order valence-corrected chi connectivity index (χ4v) is 2.75. The van der Waals surface area contributed by atoms with E-state index < -0.39 is 10.0 Å². The molecule has 0 unspecified atom stereocenters. The first-order valence-electron chi connectivity index (χ1n) is 7.41. The number of nitrogens with one attached hydrogen (secondary N) is 1. The summed E-state index contributed by atoms with van der Waals surface area (Å²) in [5.41, 5.74) is 2.17. The van der Waals surface area contributed by atoms with Crippen molar-refractivity contribution < 1.29 is 13.2 Å². The van der Waals surface area contributed by atoms with Gasteiger partial charge in [-0.25, -0.2) is 23.5 Å². The third kappa shape index (κ3) is 4.14. The van der Waals surface area contributed by atoms with E-state index in [1.165, 1.54) is 18.3 Å². The molecule has 3 aromatic rings. The number of benzene rings is 1. The molecule has 1 aromatic carbocycles. The Labute approximate surface area is 144 Å². The fraction of sp³-hybridized carbons (Fsp3) is 0.125. The Balaban J connectivity index is 1.60. The quantitative estimate of drug-likeness (QED) is 0.690. The van der Waals surface area contributed by atoms with Crippen LogP contribution in [0.5, 0.6) is 0 Å². The molecule has 9 heteroatoms. The minimum absolute atomic E-state index is 0.0572. The molecule has 3 rings (SSSR count). The first-order chi connectivity index (χ1) is 11.9. The Hall–Kier alpha value is -2.91. The average molecular weight is 357 g/mol. The Morgan fingerprint density at radius 1 is 1.04 bits per heavy atom. The van der Waals surface area contributed by atoms with Crippen LogP contribution in [0.4, 0.5) is 0 Å². The van der Waals surface area contributed by atoms with E-state index in [0.29, 0.717) is 24.1 Å². The molecule has 0 aliphatic rings. The Bertz CT molecular complexity index is 1020. The molecule has 0 aliphatic carbocycles. The second-order valence-corrected chi connectivity index (χ2v) is 6.85. The molecule has 0 atom stereocenters. The van der Waals surface area contributed by atoms with Gasteiger partial charge in [0.25, 0.3) is 5.91 Å². The molecule has 25 heavy (non-hydrogen) atoms. The number of fused-ring (bicyclic) bond motifs is 1. The lowest BCUT2D eigenvalue weighted by Crippen LogP contribution is -2.26. The minimum Gasteiger partial charge on any atom is -0.350 e. The summed E-state index contributed by atoms with van der Waals surface area (Å²) in [6, 6.07) is 9.49. The molecule has 0 saturated carbocycles. The van der Waals surface area contributed by atoms with Crippen molar-refractivity contribution in [2.75, 3.05) is 6.54 Å². The highest BCUT2D eigenvalue weighted by atomic mass is 32.2. The summed E-state index contributed by atoms with van der Waals surface area (Å²) >= 11 is 0. The molecule has 0 radical (unpaired) electrons. The number of nitrogens with two attached hydrogens (primary N) is 1. The van der Waals surface area contributed by atoms with Gasteiger partial charge in [0.1, 0.15) is 11.2 Å². The molecule has 0 fully saturated rings. The Kier molecular flexibility index (Phi) is 4.68. The first-order valence-corrected chi connectivity index (χ1v) is 8.96. The monoisotopic (exact) mass is 357 g/mol. The normalized spacial score (nSPS) is 11.4. The van der Waals surface area contributed by atoms with Crippen LogP contribution >= 0.6 is 0 Å². The largest absolute Gasteiger partial charge is 0.350 e. The van der Waals surface area contributed by atoms with Crippen LogP contribution in [-0.4, -0.2) is 35.8 Å². The van der Waals surface area contributed by atoms with Gasteiger partial charge in [-0.3, -0.25) is 9.78 Å². The SMILES string of the molecule is NS(=O)(=O)c1ccc(CCNC(=O)c2ccc3nccnc3n2)cc1. The summed E-state index contributed by atoms with van der Waals surface area (Å²) in [6.07, 6.45) is 3.62. The topological polar surface area (TPSA) is 128 Å². The molecule has 2 aromatic heterocycles. The van der Waals surface area contributed by atoms with Gasteiger partial charge < -0.3 is 5.32 Å². The second-order valence-electron chi connectivity index (χ2n) is 5.29. The maximum Gasteiger partial charge on any atom is 0.269 e. The molecule has 0 spiro atoms. The predicted octanol–water partition coefficient (Wildman–Crippen LogP) is 0.645. The summed E-state index contributed by atoms with van der Waals surface area (Å²) in [5, 5.41) is 7.81. The zero-order chi connectivity index (χ0) is 17.9. The molecule has 128 valence electrons. The number of primary sulfonamides is 1. The lowest BCUT2D eigenvalue weighted by molar-refractivity contribution is 0.0949. The van der Waals surface area contributed by atoms with Crippen molar-refractivity contribution in [1.82, 2.24) is 20.3 Å². The van der Waals surface area contributed by atoms with Crippen molar-refractivity contribution in [1.29, 1.82) is 0 Å². The van der Waals surface area contributed by atoms with E-state index in [2.05, 4.69) is 20.3 Å². The van der Waals surface area contributed by atoms with Crippen molar-refractivity contribution in [2.45, 2.75) is 11.3 Å². The zero-order valence-electron chi connectivity index (χ0n) is 13.1. The van der Waals surface area contributed by atoms with Crippen LogP contribution in [0.3, 0.4) is 0 Å². The van der Waals surface area contributed by atoms with Gasteiger partial charge in [-0.05, 0) is 36.2 Å². The van der Waals surface area contributed by atoms with Gasteiger partial charge in [-0.2, -0.15) is 0 Å². The van der Waals surface area contributed by atoms with Crippen molar-refractivity contribution in [3.63, 3.8) is 0 Å². The number of amides is 1. The van der Waals surface area contributed by atoms with E-state index >= 15 is 0 Å². The molecule has 1 amide bonds. The van der Waals surface area contributed by atoms with Gasteiger partial charge in [-0.15, -0.1) is 0 Å². The molecule has 0 bridgehead atoms. The van der Waals surface area contributed by atoms with Gasteiger partial charge in [0, 0.05) is 18.9 Å². The maximum atomic E-state index is 12.1. The number of pyridine rings is 1. The van der Waals surface area contributed by atoms with E-state index in [4.69, 9.17) is 5.14 Å². The average Bonchev–Trinajstić information content (AvgIpc) is 2.61. The summed E-state index contributed by atoms with van der Waals surface area (Å²) in [5.74, 6) is -0.311. The van der Waals surface area contributed by atoms with E-state index in [0.717, 1.165) is 5.56 Å². The number of aromatic nitrogens is 3. The predicted molar refractivity (Wildman–Crippen MR) is 91.2 cm³/mol. The third-order valence-corrected chi connectivity index (χ3v) is 4.44. The van der Waals surface area contributed by atoms with Gasteiger partial charge in [0.05, 0.1) is 4.90 Å². The van der Waals surface area contributed by atoms with Gasteiger partial charge in [-0.1, -0.05) is 12.1 Å². The van der Waals surface area contributed by atoms with E-state index in [-0.39, 0.29) is 16.5 Å². The molecule has 2 heterocycles. The van der Waals surface area contributed by atoms with Gasteiger partial charge in [0.2, 0.25) is 10.0 Å². The number of carbonyl (C=O) groups excluding carboxylic acids is 1. The first kappa shape index (κ1) is 16.9. The third-order valence-electron chi connectivity index (χ3n) is 3.52. The highest BCUT2D eigenvalue weighted by Gasteiger charge is 2.09. The number of nitrogens with zero attached hydrogens (tertiary/aromatic N) is 3. The zero-order valence-corrected chi connectivity index (χ0v) is 13.9. The smallest absolute Gasteiger partial charge is 0.269 e. The van der Waals surface area contributed by atoms with E-state index in [9.17, 15) is 13.2 Å². The maximum absolute atomic E-state index is 12.1. The van der Waals surface area contributed by atoms with Gasteiger partial charge in [0.15, 0.2) is 5.65 Å². The number of rotatable bonds is 5. The van der Waals surface area contributed by atoms with Crippen LogP contribution in [-0.2, 0) is 16.4 Å². The summed E-state index contributed by atoms with van der Waals surface area (Å²) in [7, 11) is -3.70. The van der Waals surface area contributed by atoms with Crippen LogP contribution in [0.2, 0.25) is 0 Å². The molecular formula is C16H15N5O3S. The van der Waals surface area contributed by atoms with Gasteiger partial charge >= 0.3 is 0 Å². The van der Waals surface area contributed by atoms with Crippen LogP contribution in [0.25, 0.3) is 11.2 Å². The Morgan fingerprint density at radius 3 is 2.48 bits per heavy atom. The molecule has 0 saturated heterocycles. The van der Waals surface area contributed by atoms with Crippen LogP contribution in [0.1, 0.15) is 16.1 Å². The lowest BCUT2D eigenvalue weighted by atomic mass is 10.1. The summed E-state index contributed by atoms with van der Waals surface area (Å²) in [6.45, 7) is 0.383. The lowest BCUT2D eigenvalue weighted by Gasteiger charge is -2.06. The standard InChI is InChI=1S/C16H15N5O3S/c17-25(23,24)12-3-1-11(2-4-12)7-8-20-16(22)14-6-5-13-15(21-14)19-10-9-18-13/h1-6,9-10H,7-8H2,(H,20,22)(H2,17,23,24). The fourth-order valence-electron chi connectivity index (χ4n) is 2.24. The summed E-state index contributed by atoms with van der Waals surface area (Å²) in [4.78, 5) is 24.5. The number of hydrogen-bond donors (Lipinski definition) is 2. The number of sulfonamides is 1. The van der Waals surface area contributed by atoms with Crippen LogP contribution < -0.4 is 10.5 Å². The second kappa shape index (κ2) is 6.91. The van der Waals surface area contributed by atoms with Crippen molar-refractivity contribution in [3.05, 3.63) is 60.0 Å². The molecule has 0 aliphatic heterocycles. The highest BCUT2D eigenvalue weighted by Crippen LogP contribution is 2.09. The highest BCUT2D eigenvalue weighted by molar-refractivity contribution is 7.89. The van der Waals surface area contributed by atoms with Crippen LogP contribution in [0, 0.1) is 0 Å². The van der Waals surface area contributed by atoms with Crippen LogP contribution in [0.15, 0.2) is 53.7 Å². The van der Waals surface area contributed by atoms with E-state index in [1.807, 2.05) is 0 Å². The minimum atomic E-state index is -3.70. The van der Waals surface area contributed by atoms with E-state index in [1.54, 1.807) is 30.5 Å². The van der Waals surface area contributed by atoms with Crippen molar-refractivity contribution >= 4 is 27.1 Å². The molecule has 8 nitrogen and oxygen atoms in total. The molecule has 3 N–H and O–H groups in total.